The monoisotopic (exact) mass is 763 g/mol. The molecule has 13 N–H and O–H groups in total. The molecule has 0 saturated heterocycles. The summed E-state index contributed by atoms with van der Waals surface area (Å²) in [5.41, 5.74) is 11.7. The third-order valence-corrected chi connectivity index (χ3v) is 7.75. The Labute approximate surface area is 312 Å². The Bertz CT molecular complexity index is 1510. The molecule has 1 aromatic carbocycles. The first-order chi connectivity index (χ1) is 25.1. The smallest absolute Gasteiger partial charge is 0.325 e. The van der Waals surface area contributed by atoms with Gasteiger partial charge in [0.15, 0.2) is 0 Å². The average molecular weight is 764 g/mol. The van der Waals surface area contributed by atoms with Crippen molar-refractivity contribution < 1.29 is 53.4 Å². The van der Waals surface area contributed by atoms with Crippen molar-refractivity contribution in [1.29, 1.82) is 0 Å². The van der Waals surface area contributed by atoms with E-state index in [1.165, 1.54) is 27.7 Å². The van der Waals surface area contributed by atoms with Gasteiger partial charge in [0.25, 0.3) is 0 Å². The molecule has 20 heteroatoms. The number of carbonyl (C=O) groups excluding carboxylic acids is 8. The molecule has 8 unspecified atom stereocenters. The van der Waals surface area contributed by atoms with Crippen LogP contribution in [0.15, 0.2) is 30.3 Å². The van der Waals surface area contributed by atoms with Crippen LogP contribution in [0.2, 0.25) is 0 Å². The number of carboxylic acids is 1. The Morgan fingerprint density at radius 2 is 1.19 bits per heavy atom. The molecule has 0 aliphatic heterocycles. The number of aliphatic carboxylic acids is 1. The van der Waals surface area contributed by atoms with E-state index in [0.717, 1.165) is 0 Å². The second kappa shape index (κ2) is 22.4. The third kappa shape index (κ3) is 16.8. The number of amides is 8. The van der Waals surface area contributed by atoms with Crippen LogP contribution in [-0.2, 0) is 49.6 Å². The molecule has 0 aliphatic rings. The summed E-state index contributed by atoms with van der Waals surface area (Å²) in [6, 6.07) is -0.818. The van der Waals surface area contributed by atoms with Crippen LogP contribution in [0, 0.1) is 5.92 Å². The minimum absolute atomic E-state index is 0.113. The lowest BCUT2D eigenvalue weighted by Crippen LogP contribution is -2.60. The zero-order valence-electron chi connectivity index (χ0n) is 31.1. The van der Waals surface area contributed by atoms with Crippen molar-refractivity contribution in [3.63, 3.8) is 0 Å². The van der Waals surface area contributed by atoms with E-state index in [-0.39, 0.29) is 12.3 Å². The predicted octanol–water partition coefficient (Wildman–Crippen LogP) is -3.97. The van der Waals surface area contributed by atoms with Gasteiger partial charge in [0.05, 0.1) is 25.1 Å². The van der Waals surface area contributed by atoms with Crippen LogP contribution in [0.25, 0.3) is 0 Å². The lowest BCUT2D eigenvalue weighted by Gasteiger charge is -2.26. The zero-order valence-corrected chi connectivity index (χ0v) is 31.1. The fourth-order valence-electron chi connectivity index (χ4n) is 4.74. The van der Waals surface area contributed by atoms with Crippen LogP contribution in [0.5, 0.6) is 0 Å². The number of aliphatic hydroxyl groups is 1. The summed E-state index contributed by atoms with van der Waals surface area (Å²) in [6.07, 6.45) is -1.90. The van der Waals surface area contributed by atoms with E-state index in [2.05, 4.69) is 37.2 Å². The van der Waals surface area contributed by atoms with E-state index < -0.39 is 115 Å². The van der Waals surface area contributed by atoms with E-state index in [0.29, 0.717) is 12.0 Å². The third-order valence-electron chi connectivity index (χ3n) is 7.75. The van der Waals surface area contributed by atoms with Crippen LogP contribution in [0.4, 0.5) is 0 Å². The molecule has 0 spiro atoms. The van der Waals surface area contributed by atoms with Crippen molar-refractivity contribution in [2.45, 2.75) is 109 Å². The van der Waals surface area contributed by atoms with Crippen molar-refractivity contribution in [3.05, 3.63) is 35.9 Å². The summed E-state index contributed by atoms with van der Waals surface area (Å²) in [5, 5.41) is 35.6. The maximum absolute atomic E-state index is 13.4. The molecule has 300 valence electrons. The van der Waals surface area contributed by atoms with Gasteiger partial charge in [0.2, 0.25) is 47.3 Å². The Balaban J connectivity index is 3.00. The number of nitrogens with two attached hydrogens (primary N) is 2. The first-order valence-corrected chi connectivity index (χ1v) is 17.2. The topological polar surface area (TPSA) is 330 Å². The number of carbonyl (C=O) groups is 9. The van der Waals surface area contributed by atoms with Crippen molar-refractivity contribution in [2.75, 3.05) is 6.54 Å². The first kappa shape index (κ1) is 46.4. The van der Waals surface area contributed by atoms with E-state index in [1.54, 1.807) is 30.3 Å². The average Bonchev–Trinajstić information content (AvgIpc) is 3.08. The van der Waals surface area contributed by atoms with E-state index in [4.69, 9.17) is 16.6 Å². The number of hydrogen-bond donors (Lipinski definition) is 11. The molecule has 8 amide bonds. The maximum Gasteiger partial charge on any atom is 0.325 e. The normalized spacial score (nSPS) is 15.4. The lowest BCUT2D eigenvalue weighted by atomic mass is 10.0. The summed E-state index contributed by atoms with van der Waals surface area (Å²) in [6.45, 7) is 8.10. The number of hydrogen-bond acceptors (Lipinski definition) is 11. The van der Waals surface area contributed by atoms with Gasteiger partial charge in [0.1, 0.15) is 36.3 Å². The number of benzene rings is 1. The van der Waals surface area contributed by atoms with Crippen LogP contribution in [0.3, 0.4) is 0 Å². The van der Waals surface area contributed by atoms with Gasteiger partial charge in [-0.2, -0.15) is 0 Å². The summed E-state index contributed by atoms with van der Waals surface area (Å²) >= 11 is 0. The Morgan fingerprint density at radius 1 is 0.648 bits per heavy atom. The highest BCUT2D eigenvalue weighted by Gasteiger charge is 2.33. The quantitative estimate of drug-likeness (QED) is 0.0539. The summed E-state index contributed by atoms with van der Waals surface area (Å²) in [7, 11) is 0. The van der Waals surface area contributed by atoms with Crippen molar-refractivity contribution in [1.82, 2.24) is 37.2 Å². The van der Waals surface area contributed by atoms with Crippen LogP contribution in [-0.4, -0.2) is 118 Å². The number of aliphatic hydroxyl groups excluding tert-OH is 1. The van der Waals surface area contributed by atoms with Crippen LogP contribution < -0.4 is 48.7 Å². The molecular formula is C34H53N9O11. The largest absolute Gasteiger partial charge is 0.480 e. The van der Waals surface area contributed by atoms with Gasteiger partial charge in [0, 0.05) is 6.42 Å². The second-order valence-corrected chi connectivity index (χ2v) is 13.3. The lowest BCUT2D eigenvalue weighted by molar-refractivity contribution is -0.142. The van der Waals surface area contributed by atoms with Crippen LogP contribution in [0.1, 0.15) is 59.9 Å². The molecule has 54 heavy (non-hydrogen) atoms. The van der Waals surface area contributed by atoms with Crippen molar-refractivity contribution >= 4 is 53.2 Å². The predicted molar refractivity (Wildman–Crippen MR) is 192 cm³/mol. The molecule has 1 aromatic rings. The van der Waals surface area contributed by atoms with Gasteiger partial charge < -0.3 is 58.9 Å². The molecule has 1 rings (SSSR count). The summed E-state index contributed by atoms with van der Waals surface area (Å²) in [5.74, 6) is -8.26. The van der Waals surface area contributed by atoms with Gasteiger partial charge >= 0.3 is 5.97 Å². The molecule has 0 aromatic heterocycles. The van der Waals surface area contributed by atoms with E-state index in [9.17, 15) is 48.3 Å². The number of primary amides is 1. The highest BCUT2D eigenvalue weighted by molar-refractivity contribution is 5.98. The fourth-order valence-corrected chi connectivity index (χ4v) is 4.74. The Morgan fingerprint density at radius 3 is 1.72 bits per heavy atom. The maximum atomic E-state index is 13.4. The van der Waals surface area contributed by atoms with E-state index in [1.807, 2.05) is 13.8 Å². The molecule has 0 fully saturated rings. The van der Waals surface area contributed by atoms with Crippen molar-refractivity contribution in [3.8, 4) is 0 Å². The molecule has 0 bridgehead atoms. The fraction of sp³-hybridized carbons (Fsp3) is 0.559. The number of nitrogens with one attached hydrogen (secondary N) is 7. The minimum Gasteiger partial charge on any atom is -0.480 e. The van der Waals surface area contributed by atoms with Gasteiger partial charge in [-0.3, -0.25) is 43.2 Å². The SMILES string of the molecule is CC(C)CC(N)C(=O)NC(C)C(=O)NCC(=O)NC(CC(N)=O)C(=O)NC(C)C(=O)NC(Cc1ccccc1)C(=O)NC(C(=O)NC(C)C(=O)O)C(C)O. The molecule has 0 radical (unpaired) electrons. The molecule has 0 saturated carbocycles. The highest BCUT2D eigenvalue weighted by atomic mass is 16.4. The second-order valence-electron chi connectivity index (χ2n) is 13.3. The van der Waals surface area contributed by atoms with E-state index >= 15 is 0 Å². The molecule has 20 nitrogen and oxygen atoms in total. The standard InChI is InChI=1S/C34H53N9O11/c1-16(2)12-22(35)30(49)38-17(3)28(47)37-15-26(46)41-24(14-25(36)45)31(50)39-18(4)29(48)42-23(13-21-10-8-7-9-11-21)32(51)43-27(20(6)44)33(52)40-19(5)34(53)54/h7-11,16-20,22-24,27,44H,12-15,35H2,1-6H3,(H2,36,45)(H,37,47)(H,38,49)(H,39,50)(H,40,52)(H,41,46)(H,42,48)(H,43,51)(H,53,54). The number of carboxylic acid groups (broad SMARTS) is 1. The molecule has 0 aliphatic carbocycles. The molecule has 8 atom stereocenters. The first-order valence-electron chi connectivity index (χ1n) is 17.2. The van der Waals surface area contributed by atoms with Crippen molar-refractivity contribution in [2.24, 2.45) is 17.4 Å². The Kier molecular flexibility index (Phi) is 19.3. The summed E-state index contributed by atoms with van der Waals surface area (Å²) < 4.78 is 0. The van der Waals surface area contributed by atoms with Gasteiger partial charge in [-0.1, -0.05) is 44.2 Å². The van der Waals surface area contributed by atoms with Crippen LogP contribution >= 0.6 is 0 Å². The Hall–Kier alpha value is -5.63. The molecule has 0 heterocycles. The zero-order chi connectivity index (χ0) is 41.3. The van der Waals surface area contributed by atoms with Gasteiger partial charge in [-0.15, -0.1) is 0 Å². The molecular weight excluding hydrogens is 710 g/mol. The summed E-state index contributed by atoms with van der Waals surface area (Å²) in [4.78, 5) is 113. The van der Waals surface area contributed by atoms with Gasteiger partial charge in [-0.25, -0.2) is 0 Å². The number of rotatable bonds is 22. The highest BCUT2D eigenvalue weighted by Crippen LogP contribution is 2.07. The van der Waals surface area contributed by atoms with Gasteiger partial charge in [-0.05, 0) is 45.6 Å². The minimum atomic E-state index is -1.61.